The van der Waals surface area contributed by atoms with Crippen molar-refractivity contribution in [2.24, 2.45) is 0 Å². The molecule has 3 rings (SSSR count). The monoisotopic (exact) mass is 302 g/mol. The highest BCUT2D eigenvalue weighted by Crippen LogP contribution is 2.24. The second kappa shape index (κ2) is 5.26. The summed E-state index contributed by atoms with van der Waals surface area (Å²) in [6.45, 7) is 0. The molecule has 0 aliphatic heterocycles. The van der Waals surface area contributed by atoms with E-state index in [0.29, 0.717) is 5.56 Å². The minimum absolute atomic E-state index is 0.0501. The van der Waals surface area contributed by atoms with Gasteiger partial charge in [0.15, 0.2) is 17.4 Å². The molecular weight excluding hydrogens is 294 g/mol. The summed E-state index contributed by atoms with van der Waals surface area (Å²) in [6.07, 6.45) is 0. The quantitative estimate of drug-likeness (QED) is 0.481. The Labute approximate surface area is 124 Å². The Morgan fingerprint density at radius 1 is 0.857 bits per heavy atom. The lowest BCUT2D eigenvalue weighted by Gasteiger charge is -2.06. The van der Waals surface area contributed by atoms with Crippen LogP contribution in [-0.2, 0) is 0 Å². The molecule has 0 amide bonds. The summed E-state index contributed by atoms with van der Waals surface area (Å²) < 4.78 is 26.4. The van der Waals surface area contributed by atoms with E-state index < -0.39 is 17.4 Å². The zero-order valence-corrected chi connectivity index (χ0v) is 11.5. The molecule has 0 aliphatic rings. The Morgan fingerprint density at radius 3 is 2.29 bits per heavy atom. The Kier molecular flexibility index (Phi) is 3.43. The summed E-state index contributed by atoms with van der Waals surface area (Å²) >= 11 is 5.84. The summed E-state index contributed by atoms with van der Waals surface area (Å²) in [5.41, 5.74) is 0.326. The predicted molar refractivity (Wildman–Crippen MR) is 78.7 cm³/mol. The number of carbonyl (C=O) groups is 1. The average Bonchev–Trinajstić information content (AvgIpc) is 2.50. The molecule has 0 aromatic heterocycles. The van der Waals surface area contributed by atoms with Gasteiger partial charge >= 0.3 is 0 Å². The molecule has 0 saturated heterocycles. The molecule has 21 heavy (non-hydrogen) atoms. The van der Waals surface area contributed by atoms with E-state index in [1.54, 1.807) is 18.2 Å². The zero-order valence-electron chi connectivity index (χ0n) is 10.7. The largest absolute Gasteiger partial charge is 0.289 e. The number of carbonyl (C=O) groups excluding carboxylic acids is 1. The molecule has 0 bridgehead atoms. The van der Waals surface area contributed by atoms with Crippen LogP contribution in [0.3, 0.4) is 0 Å². The summed E-state index contributed by atoms with van der Waals surface area (Å²) in [6, 6.07) is 14.3. The first-order valence-corrected chi connectivity index (χ1v) is 6.62. The molecule has 1 nitrogen and oxygen atoms in total. The summed E-state index contributed by atoms with van der Waals surface area (Å²) in [7, 11) is 0. The van der Waals surface area contributed by atoms with Crippen molar-refractivity contribution in [1.82, 2.24) is 0 Å². The van der Waals surface area contributed by atoms with Gasteiger partial charge in [0.05, 0.1) is 5.02 Å². The zero-order chi connectivity index (χ0) is 15.0. The van der Waals surface area contributed by atoms with Crippen LogP contribution in [-0.4, -0.2) is 5.78 Å². The van der Waals surface area contributed by atoms with E-state index in [4.69, 9.17) is 11.6 Å². The molecule has 0 N–H and O–H groups in total. The van der Waals surface area contributed by atoms with Gasteiger partial charge in [-0.15, -0.1) is 0 Å². The van der Waals surface area contributed by atoms with Crippen molar-refractivity contribution >= 4 is 28.2 Å². The lowest BCUT2D eigenvalue weighted by molar-refractivity contribution is 0.103. The maximum absolute atomic E-state index is 13.3. The maximum Gasteiger partial charge on any atom is 0.194 e. The summed E-state index contributed by atoms with van der Waals surface area (Å²) in [4.78, 5) is 12.4. The average molecular weight is 303 g/mol. The van der Waals surface area contributed by atoms with Gasteiger partial charge in [0.2, 0.25) is 0 Å². The van der Waals surface area contributed by atoms with E-state index in [9.17, 15) is 13.6 Å². The third kappa shape index (κ3) is 2.52. The lowest BCUT2D eigenvalue weighted by atomic mass is 10.00. The van der Waals surface area contributed by atoms with Crippen LogP contribution in [0.1, 0.15) is 15.9 Å². The van der Waals surface area contributed by atoms with Crippen LogP contribution in [0.4, 0.5) is 8.78 Å². The van der Waals surface area contributed by atoms with Crippen LogP contribution in [0.5, 0.6) is 0 Å². The Balaban J connectivity index is 2.10. The highest BCUT2D eigenvalue weighted by atomic mass is 35.5. The fourth-order valence-electron chi connectivity index (χ4n) is 2.18. The molecule has 0 unspecified atom stereocenters. The first-order chi connectivity index (χ1) is 10.1. The smallest absolute Gasteiger partial charge is 0.194 e. The lowest BCUT2D eigenvalue weighted by Crippen LogP contribution is -2.04. The standard InChI is InChI=1S/C17H9ClF2O/c18-14-9-16(20)15(19)8-13(14)17(21)12-6-5-10-3-1-2-4-11(10)7-12/h1-9H. The number of fused-ring (bicyclic) bond motifs is 1. The van der Waals surface area contributed by atoms with E-state index in [1.165, 1.54) is 0 Å². The van der Waals surface area contributed by atoms with Crippen molar-refractivity contribution in [2.75, 3.05) is 0 Å². The first-order valence-electron chi connectivity index (χ1n) is 6.24. The predicted octanol–water partition coefficient (Wildman–Crippen LogP) is 5.00. The Hall–Kier alpha value is -2.26. The van der Waals surface area contributed by atoms with Crippen LogP contribution < -0.4 is 0 Å². The van der Waals surface area contributed by atoms with Crippen LogP contribution in [0.15, 0.2) is 54.6 Å². The van der Waals surface area contributed by atoms with Crippen molar-refractivity contribution in [1.29, 1.82) is 0 Å². The molecule has 0 atom stereocenters. The minimum atomic E-state index is -1.09. The van der Waals surface area contributed by atoms with Gasteiger partial charge in [0.25, 0.3) is 0 Å². The number of hydrogen-bond donors (Lipinski definition) is 0. The molecule has 0 radical (unpaired) electrons. The molecule has 3 aromatic rings. The van der Waals surface area contributed by atoms with Crippen molar-refractivity contribution in [2.45, 2.75) is 0 Å². The number of hydrogen-bond acceptors (Lipinski definition) is 1. The van der Waals surface area contributed by atoms with Gasteiger partial charge in [0.1, 0.15) is 0 Å². The number of ketones is 1. The van der Waals surface area contributed by atoms with Gasteiger partial charge in [-0.3, -0.25) is 4.79 Å². The summed E-state index contributed by atoms with van der Waals surface area (Å²) in [5.74, 6) is -2.61. The van der Waals surface area contributed by atoms with Crippen LogP contribution in [0.25, 0.3) is 10.8 Å². The van der Waals surface area contributed by atoms with E-state index in [0.717, 1.165) is 22.9 Å². The third-order valence-corrected chi connectivity index (χ3v) is 3.58. The number of rotatable bonds is 2. The van der Waals surface area contributed by atoms with Crippen LogP contribution in [0, 0.1) is 11.6 Å². The molecule has 104 valence electrons. The van der Waals surface area contributed by atoms with Gasteiger partial charge in [-0.25, -0.2) is 8.78 Å². The Morgan fingerprint density at radius 2 is 1.52 bits per heavy atom. The first kappa shape index (κ1) is 13.7. The fraction of sp³-hybridized carbons (Fsp3) is 0. The second-order valence-electron chi connectivity index (χ2n) is 4.64. The molecule has 0 aliphatic carbocycles. The maximum atomic E-state index is 13.3. The second-order valence-corrected chi connectivity index (χ2v) is 5.04. The van der Waals surface area contributed by atoms with Crippen molar-refractivity contribution in [3.63, 3.8) is 0 Å². The highest BCUT2D eigenvalue weighted by Gasteiger charge is 2.16. The summed E-state index contributed by atoms with van der Waals surface area (Å²) in [5, 5.41) is 1.78. The number of benzene rings is 3. The normalized spacial score (nSPS) is 10.8. The minimum Gasteiger partial charge on any atom is -0.289 e. The molecule has 0 fully saturated rings. The Bertz CT molecular complexity index is 859. The van der Waals surface area contributed by atoms with Crippen LogP contribution >= 0.6 is 11.6 Å². The molecule has 0 saturated carbocycles. The van der Waals surface area contributed by atoms with E-state index in [1.807, 2.05) is 24.3 Å². The topological polar surface area (TPSA) is 17.1 Å². The van der Waals surface area contributed by atoms with Gasteiger partial charge in [-0.05, 0) is 29.0 Å². The third-order valence-electron chi connectivity index (χ3n) is 3.27. The highest BCUT2D eigenvalue weighted by molar-refractivity contribution is 6.35. The van der Waals surface area contributed by atoms with E-state index >= 15 is 0 Å². The van der Waals surface area contributed by atoms with Crippen molar-refractivity contribution in [3.8, 4) is 0 Å². The van der Waals surface area contributed by atoms with Crippen molar-refractivity contribution in [3.05, 3.63) is 82.4 Å². The SMILES string of the molecule is O=C(c1ccc2ccccc2c1)c1cc(F)c(F)cc1Cl. The van der Waals surface area contributed by atoms with Crippen LogP contribution in [0.2, 0.25) is 5.02 Å². The van der Waals surface area contributed by atoms with Crippen molar-refractivity contribution < 1.29 is 13.6 Å². The van der Waals surface area contributed by atoms with E-state index in [-0.39, 0.29) is 10.6 Å². The van der Waals surface area contributed by atoms with Gasteiger partial charge in [-0.1, -0.05) is 48.0 Å². The van der Waals surface area contributed by atoms with Gasteiger partial charge in [-0.2, -0.15) is 0 Å². The molecule has 4 heteroatoms. The number of halogens is 3. The molecule has 3 aromatic carbocycles. The molecular formula is C17H9ClF2O. The van der Waals surface area contributed by atoms with E-state index in [2.05, 4.69) is 0 Å². The fourth-order valence-corrected chi connectivity index (χ4v) is 2.42. The molecule has 0 heterocycles. The molecule has 0 spiro atoms. The van der Waals surface area contributed by atoms with Gasteiger partial charge < -0.3 is 0 Å². The van der Waals surface area contributed by atoms with Gasteiger partial charge in [0, 0.05) is 11.1 Å².